The van der Waals surface area contributed by atoms with Crippen LogP contribution < -0.4 is 0 Å². The van der Waals surface area contributed by atoms with Gasteiger partial charge in [0.05, 0.1) is 26.0 Å². The Morgan fingerprint density at radius 1 is 1.44 bits per heavy atom. The Morgan fingerprint density at radius 2 is 2.11 bits per heavy atom. The molecule has 0 aromatic carbocycles. The second kappa shape index (κ2) is 6.14. The van der Waals surface area contributed by atoms with E-state index in [0.29, 0.717) is 6.54 Å². The zero-order valence-corrected chi connectivity index (χ0v) is 11.2. The molecule has 1 atom stereocenters. The molecule has 1 amide bonds. The zero-order valence-electron chi connectivity index (χ0n) is 10.4. The van der Waals surface area contributed by atoms with Crippen LogP contribution in [0, 0.1) is 0 Å². The SMILES string of the molecule is COC(=O)C1CN(C(=O)CCS(C)(=O)=O)CCO1. The molecule has 1 fully saturated rings. The summed E-state index contributed by atoms with van der Waals surface area (Å²) >= 11 is 0. The second-order valence-electron chi connectivity index (χ2n) is 4.10. The maximum atomic E-state index is 11.8. The van der Waals surface area contributed by atoms with Crippen molar-refractivity contribution in [1.29, 1.82) is 0 Å². The van der Waals surface area contributed by atoms with Crippen molar-refractivity contribution in [3.8, 4) is 0 Å². The highest BCUT2D eigenvalue weighted by Crippen LogP contribution is 2.08. The second-order valence-corrected chi connectivity index (χ2v) is 6.36. The molecule has 0 spiro atoms. The number of amides is 1. The van der Waals surface area contributed by atoms with Gasteiger partial charge in [0.2, 0.25) is 5.91 Å². The average molecular weight is 279 g/mol. The predicted molar refractivity (Wildman–Crippen MR) is 62.7 cm³/mol. The van der Waals surface area contributed by atoms with Crippen LogP contribution in [0.25, 0.3) is 0 Å². The minimum absolute atomic E-state index is 0.0767. The zero-order chi connectivity index (χ0) is 13.8. The van der Waals surface area contributed by atoms with Crippen molar-refractivity contribution >= 4 is 21.7 Å². The van der Waals surface area contributed by atoms with Crippen molar-refractivity contribution in [3.05, 3.63) is 0 Å². The smallest absolute Gasteiger partial charge is 0.336 e. The van der Waals surface area contributed by atoms with Crippen LogP contribution in [0.3, 0.4) is 0 Å². The summed E-state index contributed by atoms with van der Waals surface area (Å²) in [5, 5.41) is 0. The Labute approximate surface area is 106 Å². The molecule has 104 valence electrons. The molecule has 18 heavy (non-hydrogen) atoms. The molecule has 0 aromatic rings. The summed E-state index contributed by atoms with van der Waals surface area (Å²) in [7, 11) is -1.92. The first-order valence-corrected chi connectivity index (χ1v) is 7.54. The summed E-state index contributed by atoms with van der Waals surface area (Å²) < 4.78 is 31.6. The van der Waals surface area contributed by atoms with E-state index in [2.05, 4.69) is 4.74 Å². The predicted octanol–water partition coefficient (Wildman–Crippen LogP) is -1.18. The number of hydrogen-bond donors (Lipinski definition) is 0. The van der Waals surface area contributed by atoms with Crippen LogP contribution in [0.1, 0.15) is 6.42 Å². The molecular formula is C10H17NO6S. The molecule has 0 radical (unpaired) electrons. The van der Waals surface area contributed by atoms with Gasteiger partial charge in [0.1, 0.15) is 9.84 Å². The minimum Gasteiger partial charge on any atom is -0.467 e. The van der Waals surface area contributed by atoms with E-state index < -0.39 is 21.9 Å². The quantitative estimate of drug-likeness (QED) is 0.602. The van der Waals surface area contributed by atoms with Gasteiger partial charge in [-0.3, -0.25) is 4.79 Å². The van der Waals surface area contributed by atoms with Gasteiger partial charge in [0.25, 0.3) is 0 Å². The van der Waals surface area contributed by atoms with Gasteiger partial charge in [-0.05, 0) is 0 Å². The van der Waals surface area contributed by atoms with Crippen LogP contribution in [-0.2, 0) is 28.9 Å². The molecule has 0 aliphatic carbocycles. The van der Waals surface area contributed by atoms with Crippen LogP contribution in [-0.4, -0.2) is 70.1 Å². The normalized spacial score (nSPS) is 20.6. The van der Waals surface area contributed by atoms with Gasteiger partial charge in [0, 0.05) is 19.2 Å². The molecule has 1 rings (SSSR count). The Balaban J connectivity index is 2.51. The summed E-state index contributed by atoms with van der Waals surface area (Å²) in [6.45, 7) is 0.704. The van der Waals surface area contributed by atoms with Gasteiger partial charge in [0.15, 0.2) is 6.10 Å². The lowest BCUT2D eigenvalue weighted by Gasteiger charge is -2.31. The number of carbonyl (C=O) groups is 2. The Bertz CT molecular complexity index is 418. The van der Waals surface area contributed by atoms with Gasteiger partial charge in [-0.1, -0.05) is 0 Å². The van der Waals surface area contributed by atoms with Crippen LogP contribution in [0.4, 0.5) is 0 Å². The number of ether oxygens (including phenoxy) is 2. The van der Waals surface area contributed by atoms with Crippen molar-refractivity contribution < 1.29 is 27.5 Å². The van der Waals surface area contributed by atoms with Crippen molar-refractivity contribution in [1.82, 2.24) is 4.90 Å². The number of methoxy groups -OCH3 is 1. The molecule has 8 heteroatoms. The average Bonchev–Trinajstić information content (AvgIpc) is 2.34. The molecule has 0 bridgehead atoms. The lowest BCUT2D eigenvalue weighted by atomic mass is 10.2. The van der Waals surface area contributed by atoms with Gasteiger partial charge in [-0.2, -0.15) is 0 Å². The third-order valence-corrected chi connectivity index (χ3v) is 3.52. The first-order chi connectivity index (χ1) is 8.33. The standard InChI is InChI=1S/C10H17NO6S/c1-16-10(13)8-7-11(4-5-17-8)9(12)3-6-18(2,14)15/h8H,3-7H2,1-2H3. The first kappa shape index (κ1) is 14.9. The summed E-state index contributed by atoms with van der Waals surface area (Å²) in [5.74, 6) is -1.01. The fraction of sp³-hybridized carbons (Fsp3) is 0.800. The van der Waals surface area contributed by atoms with E-state index in [1.54, 1.807) is 0 Å². The third-order valence-electron chi connectivity index (χ3n) is 2.57. The third kappa shape index (κ3) is 4.61. The molecule has 1 unspecified atom stereocenters. The highest BCUT2D eigenvalue weighted by atomic mass is 32.2. The number of morpholine rings is 1. The van der Waals surface area contributed by atoms with E-state index in [1.807, 2.05) is 0 Å². The van der Waals surface area contributed by atoms with Crippen molar-refractivity contribution in [2.45, 2.75) is 12.5 Å². The van der Waals surface area contributed by atoms with Gasteiger partial charge < -0.3 is 14.4 Å². The van der Waals surface area contributed by atoms with E-state index in [9.17, 15) is 18.0 Å². The summed E-state index contributed by atoms with van der Waals surface area (Å²) in [6, 6.07) is 0. The van der Waals surface area contributed by atoms with Crippen molar-refractivity contribution in [3.63, 3.8) is 0 Å². The number of sulfone groups is 1. The molecule has 1 aliphatic rings. The van der Waals surface area contributed by atoms with Gasteiger partial charge >= 0.3 is 5.97 Å². The van der Waals surface area contributed by atoms with E-state index in [0.717, 1.165) is 6.26 Å². The first-order valence-electron chi connectivity index (χ1n) is 5.48. The van der Waals surface area contributed by atoms with Crippen LogP contribution >= 0.6 is 0 Å². The number of esters is 1. The van der Waals surface area contributed by atoms with E-state index in [4.69, 9.17) is 4.74 Å². The topological polar surface area (TPSA) is 90.0 Å². The van der Waals surface area contributed by atoms with Crippen LogP contribution in [0.15, 0.2) is 0 Å². The Hall–Kier alpha value is -1.15. The molecule has 1 aliphatic heterocycles. The Kier molecular flexibility index (Phi) is 5.09. The molecule has 0 N–H and O–H groups in total. The van der Waals surface area contributed by atoms with E-state index in [1.165, 1.54) is 12.0 Å². The Morgan fingerprint density at radius 3 is 2.67 bits per heavy atom. The van der Waals surface area contributed by atoms with E-state index >= 15 is 0 Å². The van der Waals surface area contributed by atoms with Gasteiger partial charge in [-0.15, -0.1) is 0 Å². The fourth-order valence-electron chi connectivity index (χ4n) is 1.58. The minimum atomic E-state index is -3.16. The molecule has 1 heterocycles. The maximum Gasteiger partial charge on any atom is 0.336 e. The number of nitrogens with zero attached hydrogens (tertiary/aromatic N) is 1. The summed E-state index contributed by atoms with van der Waals surface area (Å²) in [4.78, 5) is 24.5. The van der Waals surface area contributed by atoms with Crippen molar-refractivity contribution in [2.24, 2.45) is 0 Å². The largest absolute Gasteiger partial charge is 0.467 e. The highest BCUT2D eigenvalue weighted by molar-refractivity contribution is 7.90. The lowest BCUT2D eigenvalue weighted by molar-refractivity contribution is -0.162. The molecular weight excluding hydrogens is 262 g/mol. The number of rotatable bonds is 4. The molecule has 1 saturated heterocycles. The molecule has 0 saturated carbocycles. The lowest BCUT2D eigenvalue weighted by Crippen LogP contribution is -2.49. The molecule has 7 nitrogen and oxygen atoms in total. The number of hydrogen-bond acceptors (Lipinski definition) is 6. The maximum absolute atomic E-state index is 11.8. The molecule has 0 aromatic heterocycles. The highest BCUT2D eigenvalue weighted by Gasteiger charge is 2.29. The van der Waals surface area contributed by atoms with Crippen LogP contribution in [0.5, 0.6) is 0 Å². The van der Waals surface area contributed by atoms with E-state index in [-0.39, 0.29) is 31.2 Å². The summed E-state index contributed by atoms with van der Waals surface area (Å²) in [6.07, 6.45) is 0.217. The van der Waals surface area contributed by atoms with Gasteiger partial charge in [-0.25, -0.2) is 13.2 Å². The van der Waals surface area contributed by atoms with Crippen molar-refractivity contribution in [2.75, 3.05) is 38.8 Å². The van der Waals surface area contributed by atoms with Crippen LogP contribution in [0.2, 0.25) is 0 Å². The monoisotopic (exact) mass is 279 g/mol. The fourth-order valence-corrected chi connectivity index (χ4v) is 2.13. The summed E-state index contributed by atoms with van der Waals surface area (Å²) in [5.41, 5.74) is 0. The number of carbonyl (C=O) groups excluding carboxylic acids is 2.